The smallest absolute Gasteiger partial charge is 0.870 e. The first-order valence-corrected chi connectivity index (χ1v) is 13.3. The Kier molecular flexibility index (Phi) is 10.0. The fourth-order valence-corrected chi connectivity index (χ4v) is 4.91. The van der Waals surface area contributed by atoms with Crippen LogP contribution in [0.2, 0.25) is 10.0 Å². The van der Waals surface area contributed by atoms with Gasteiger partial charge in [-0.05, 0) is 55.1 Å². The molecule has 0 fully saturated rings. The number of halogens is 2. The number of amides is 1. The number of rotatable bonds is 7. The van der Waals surface area contributed by atoms with Crippen LogP contribution in [0.1, 0.15) is 22.8 Å². The molecule has 1 amide bonds. The summed E-state index contributed by atoms with van der Waals surface area (Å²) in [6.45, 7) is 3.57. The summed E-state index contributed by atoms with van der Waals surface area (Å²) in [5.74, 6) is -1.02. The van der Waals surface area contributed by atoms with Crippen molar-refractivity contribution in [1.82, 2.24) is 0 Å². The Hall–Kier alpha value is -2.70. The van der Waals surface area contributed by atoms with Gasteiger partial charge in [0, 0.05) is 22.0 Å². The number of carbonyl (C=O) groups excluding carboxylic acids is 1. The Labute approximate surface area is 256 Å². The molecule has 0 bridgehead atoms. The minimum absolute atomic E-state index is 0. The Morgan fingerprint density at radius 2 is 1.79 bits per heavy atom. The minimum atomic E-state index is -4.49. The largest absolute Gasteiger partial charge is 1.00 e. The van der Waals surface area contributed by atoms with Crippen LogP contribution < -0.4 is 44.7 Å². The number of hydrogen-bond donors (Lipinski definition) is 2. The zero-order valence-corrected chi connectivity index (χ0v) is 25.4. The van der Waals surface area contributed by atoms with Crippen molar-refractivity contribution in [1.29, 1.82) is 0 Å². The van der Waals surface area contributed by atoms with Gasteiger partial charge in [-0.3, -0.25) is 9.35 Å². The summed E-state index contributed by atoms with van der Waals surface area (Å²) in [6.07, 6.45) is 0. The standard InChI is InChI=1S/C26H21Cl2N3O6S.Na/c1-3-37-22-12-16(27)8-9-20(22)29-26(33)18-11-15-6-4-5-7-17(15)24(25(18)32)31-30-21-10-14(2)23(13-19(21)28)38(34,35)36;/h4-13,32H,3H2,1-2H3,(H,29,33)(H,34,35,36);/q;+1/p-1. The van der Waals surface area contributed by atoms with E-state index in [1.807, 2.05) is 0 Å². The van der Waals surface area contributed by atoms with Gasteiger partial charge in [-0.25, -0.2) is 0 Å². The van der Waals surface area contributed by atoms with Crippen molar-refractivity contribution in [3.8, 4) is 11.5 Å². The Bertz CT molecular complexity index is 1710. The first kappa shape index (κ1) is 30.8. The van der Waals surface area contributed by atoms with Crippen LogP contribution in [0.4, 0.5) is 17.1 Å². The minimum Gasteiger partial charge on any atom is -0.870 e. The molecule has 39 heavy (non-hydrogen) atoms. The maximum absolute atomic E-state index is 13.4. The second-order valence-corrected chi connectivity index (χ2v) is 10.3. The van der Waals surface area contributed by atoms with Crippen LogP contribution >= 0.6 is 23.2 Å². The van der Waals surface area contributed by atoms with Gasteiger partial charge in [-0.1, -0.05) is 53.2 Å². The van der Waals surface area contributed by atoms with Gasteiger partial charge in [0.1, 0.15) is 11.4 Å². The van der Waals surface area contributed by atoms with Crippen LogP contribution in [0.15, 0.2) is 75.8 Å². The van der Waals surface area contributed by atoms with E-state index in [1.165, 1.54) is 19.1 Å². The molecule has 0 aromatic heterocycles. The van der Waals surface area contributed by atoms with E-state index in [4.69, 9.17) is 27.9 Å². The molecule has 4 aromatic carbocycles. The number of azo groups is 1. The van der Waals surface area contributed by atoms with Gasteiger partial charge < -0.3 is 15.2 Å². The number of nitrogens with zero attached hydrogens (tertiary/aromatic N) is 2. The molecular weight excluding hydrogens is 576 g/mol. The molecule has 0 aliphatic heterocycles. The maximum atomic E-state index is 13.4. The molecule has 4 rings (SSSR count). The molecule has 9 nitrogen and oxygen atoms in total. The van der Waals surface area contributed by atoms with E-state index in [0.717, 1.165) is 6.07 Å². The molecule has 0 atom stereocenters. The van der Waals surface area contributed by atoms with Crippen LogP contribution in [0.5, 0.6) is 11.5 Å². The number of nitrogens with one attached hydrogen (secondary N) is 1. The quantitative estimate of drug-likeness (QED) is 0.189. The summed E-state index contributed by atoms with van der Waals surface area (Å²) >= 11 is 12.2. The zero-order valence-electron chi connectivity index (χ0n) is 21.0. The van der Waals surface area contributed by atoms with E-state index in [1.54, 1.807) is 49.4 Å². The van der Waals surface area contributed by atoms with E-state index >= 15 is 0 Å². The summed E-state index contributed by atoms with van der Waals surface area (Å²) in [7, 11) is -4.49. The molecule has 196 valence electrons. The van der Waals surface area contributed by atoms with Gasteiger partial charge in [0.2, 0.25) is 0 Å². The fourth-order valence-electron chi connectivity index (χ4n) is 3.75. The summed E-state index contributed by atoms with van der Waals surface area (Å²) in [6, 6.07) is 15.4. The first-order chi connectivity index (χ1) is 18.0. The van der Waals surface area contributed by atoms with Gasteiger partial charge >= 0.3 is 29.6 Å². The Morgan fingerprint density at radius 1 is 1.08 bits per heavy atom. The van der Waals surface area contributed by atoms with Crippen LogP contribution in [-0.2, 0) is 10.1 Å². The molecule has 2 N–H and O–H groups in total. The third-order valence-corrected chi connectivity index (χ3v) is 7.03. The average molecular weight is 596 g/mol. The number of anilines is 1. The van der Waals surface area contributed by atoms with Crippen molar-refractivity contribution < 1.29 is 57.2 Å². The number of aryl methyl sites for hydroxylation is 1. The van der Waals surface area contributed by atoms with Crippen molar-refractivity contribution in [3.63, 3.8) is 0 Å². The molecule has 13 heteroatoms. The van der Waals surface area contributed by atoms with E-state index in [0.29, 0.717) is 33.8 Å². The molecule has 0 radical (unpaired) electrons. The predicted octanol–water partition coefficient (Wildman–Crippen LogP) is 3.85. The molecule has 0 saturated heterocycles. The number of carbonyl (C=O) groups is 1. The molecule has 0 saturated carbocycles. The molecule has 0 heterocycles. The fraction of sp³-hybridized carbons (Fsp3) is 0.115. The van der Waals surface area contributed by atoms with Gasteiger partial charge in [0.25, 0.3) is 16.0 Å². The van der Waals surface area contributed by atoms with Gasteiger partial charge in [0.15, 0.2) is 0 Å². The van der Waals surface area contributed by atoms with Crippen LogP contribution in [-0.4, -0.2) is 25.5 Å². The molecule has 0 spiro atoms. The number of ether oxygens (including phenoxy) is 1. The van der Waals surface area contributed by atoms with Gasteiger partial charge in [-0.2, -0.15) is 13.5 Å². The summed E-state index contributed by atoms with van der Waals surface area (Å²) in [5.41, 5.74) is 0.288. The molecule has 0 aliphatic carbocycles. The molecule has 0 aliphatic rings. The monoisotopic (exact) mass is 595 g/mol. The van der Waals surface area contributed by atoms with Crippen molar-refractivity contribution in [2.75, 3.05) is 11.9 Å². The second kappa shape index (κ2) is 12.6. The summed E-state index contributed by atoms with van der Waals surface area (Å²) in [5, 5.41) is 25.6. The van der Waals surface area contributed by atoms with Crippen LogP contribution in [0, 0.1) is 6.92 Å². The van der Waals surface area contributed by atoms with Gasteiger partial charge in [0.05, 0.1) is 27.9 Å². The number of fused-ring (bicyclic) bond motifs is 1. The van der Waals surface area contributed by atoms with E-state index < -0.39 is 21.8 Å². The Balaban J connectivity index is 0.00000420. The number of benzene rings is 4. The van der Waals surface area contributed by atoms with Crippen LogP contribution in [0.3, 0.4) is 0 Å². The maximum Gasteiger partial charge on any atom is 1.00 e. The molecule has 4 aromatic rings. The first-order valence-electron chi connectivity index (χ1n) is 11.2. The third-order valence-electron chi connectivity index (χ3n) is 5.49. The van der Waals surface area contributed by atoms with Crippen molar-refractivity contribution in [2.24, 2.45) is 10.2 Å². The SMILES string of the molecule is CCOc1cc(Cl)ccc1NC(=O)c1cc2ccccc2c(N=Nc2cc(C)c(S(=O)(=O)O)cc2Cl)c1[O-].[Na+]. The topological polar surface area (TPSA) is 140 Å². The van der Waals surface area contributed by atoms with Crippen molar-refractivity contribution >= 4 is 67.1 Å². The normalized spacial score (nSPS) is 11.4. The second-order valence-electron chi connectivity index (χ2n) is 8.09. The Morgan fingerprint density at radius 3 is 2.49 bits per heavy atom. The third kappa shape index (κ3) is 6.90. The molecule has 0 unspecified atom stereocenters. The predicted molar refractivity (Wildman–Crippen MR) is 144 cm³/mol. The van der Waals surface area contributed by atoms with Gasteiger partial charge in [-0.15, -0.1) is 5.11 Å². The van der Waals surface area contributed by atoms with E-state index in [9.17, 15) is 22.9 Å². The van der Waals surface area contributed by atoms with Crippen molar-refractivity contribution in [3.05, 3.63) is 81.8 Å². The summed E-state index contributed by atoms with van der Waals surface area (Å²) < 4.78 is 38.0. The average Bonchev–Trinajstić information content (AvgIpc) is 2.86. The summed E-state index contributed by atoms with van der Waals surface area (Å²) in [4.78, 5) is 12.8. The van der Waals surface area contributed by atoms with E-state index in [2.05, 4.69) is 15.5 Å². The zero-order chi connectivity index (χ0) is 27.6. The van der Waals surface area contributed by atoms with Crippen LogP contribution in [0.25, 0.3) is 10.8 Å². The molecular formula is C26H20Cl2N3NaO6S. The van der Waals surface area contributed by atoms with Crippen molar-refractivity contribution in [2.45, 2.75) is 18.7 Å². The number of hydrogen-bond acceptors (Lipinski definition) is 7. The van der Waals surface area contributed by atoms with E-state index in [-0.39, 0.29) is 62.0 Å².